The number of carbonyl (C=O) groups excluding carboxylic acids is 1. The second-order valence-electron chi connectivity index (χ2n) is 3.81. The van der Waals surface area contributed by atoms with Crippen molar-refractivity contribution in [3.8, 4) is 11.8 Å². The highest BCUT2D eigenvalue weighted by Crippen LogP contribution is 2.33. The maximum absolute atomic E-state index is 13.0. The first-order chi connectivity index (χ1) is 9.88. The molecule has 1 aromatic carbocycles. The third-order valence-electron chi connectivity index (χ3n) is 2.45. The van der Waals surface area contributed by atoms with Crippen LogP contribution in [0.4, 0.5) is 17.6 Å². The van der Waals surface area contributed by atoms with E-state index in [0.717, 1.165) is 12.1 Å². The molecule has 0 unspecified atom stereocenters. The second-order valence-corrected chi connectivity index (χ2v) is 3.81. The normalized spacial score (nSPS) is 10.6. The molecule has 4 nitrogen and oxygen atoms in total. The molecule has 0 aliphatic carbocycles. The quantitative estimate of drug-likeness (QED) is 0.598. The van der Waals surface area contributed by atoms with Crippen molar-refractivity contribution in [3.05, 3.63) is 28.8 Å². The van der Waals surface area contributed by atoms with Gasteiger partial charge in [-0.2, -0.15) is 14.0 Å². The van der Waals surface area contributed by atoms with Crippen LogP contribution in [0.15, 0.2) is 12.1 Å². The molecule has 0 radical (unpaired) electrons. The molecule has 1 rings (SSSR count). The smallest absolute Gasteiger partial charge is 0.387 e. The molecule has 0 aliphatic heterocycles. The summed E-state index contributed by atoms with van der Waals surface area (Å²) >= 11 is 0. The Labute approximate surface area is 117 Å². The van der Waals surface area contributed by atoms with E-state index in [1.54, 1.807) is 6.07 Å². The Morgan fingerprint density at radius 2 is 2.00 bits per heavy atom. The number of halogens is 4. The number of ether oxygens (including phenoxy) is 2. The second kappa shape index (κ2) is 7.47. The van der Waals surface area contributed by atoms with Crippen molar-refractivity contribution in [1.29, 1.82) is 5.26 Å². The van der Waals surface area contributed by atoms with Crippen LogP contribution in [-0.4, -0.2) is 19.2 Å². The first-order valence-corrected chi connectivity index (χ1v) is 5.84. The standard InChI is InChI=1S/C13H11F4NO3/c1-2-20-11(19)5-8-9(12(14)15)3-7(6-18)4-10(8)21-13(16)17/h3-4,12-13H,2,5H2,1H3. The Morgan fingerprint density at radius 3 is 2.48 bits per heavy atom. The molecular weight excluding hydrogens is 294 g/mol. The summed E-state index contributed by atoms with van der Waals surface area (Å²) in [5.74, 6) is -1.49. The SMILES string of the molecule is CCOC(=O)Cc1c(OC(F)F)cc(C#N)cc1C(F)F. The number of rotatable bonds is 6. The maximum Gasteiger partial charge on any atom is 0.387 e. The summed E-state index contributed by atoms with van der Waals surface area (Å²) in [6.45, 7) is -1.74. The highest BCUT2D eigenvalue weighted by atomic mass is 19.3. The van der Waals surface area contributed by atoms with Gasteiger partial charge in [0.05, 0.1) is 24.7 Å². The molecule has 0 heterocycles. The number of hydrogen-bond acceptors (Lipinski definition) is 4. The molecule has 0 bridgehead atoms. The van der Waals surface area contributed by atoms with Gasteiger partial charge < -0.3 is 9.47 Å². The molecule has 0 saturated carbocycles. The summed E-state index contributed by atoms with van der Waals surface area (Å²) in [6, 6.07) is 3.28. The lowest BCUT2D eigenvalue weighted by Crippen LogP contribution is -2.13. The summed E-state index contributed by atoms with van der Waals surface area (Å²) in [5, 5.41) is 8.73. The van der Waals surface area contributed by atoms with E-state index in [4.69, 9.17) is 5.26 Å². The topological polar surface area (TPSA) is 59.3 Å². The van der Waals surface area contributed by atoms with Crippen LogP contribution in [0, 0.1) is 11.3 Å². The lowest BCUT2D eigenvalue weighted by molar-refractivity contribution is -0.142. The fraction of sp³-hybridized carbons (Fsp3) is 0.385. The lowest BCUT2D eigenvalue weighted by Gasteiger charge is -2.15. The average Bonchev–Trinajstić information content (AvgIpc) is 2.39. The lowest BCUT2D eigenvalue weighted by atomic mass is 10.0. The van der Waals surface area contributed by atoms with Gasteiger partial charge in [0.15, 0.2) is 0 Å². The van der Waals surface area contributed by atoms with Crippen LogP contribution >= 0.6 is 0 Å². The van der Waals surface area contributed by atoms with Crippen LogP contribution < -0.4 is 4.74 Å². The van der Waals surface area contributed by atoms with Gasteiger partial charge in [0, 0.05) is 11.1 Å². The van der Waals surface area contributed by atoms with Gasteiger partial charge in [-0.3, -0.25) is 4.79 Å². The Kier molecular flexibility index (Phi) is 5.96. The first kappa shape index (κ1) is 16.8. The zero-order chi connectivity index (χ0) is 16.0. The molecule has 0 spiro atoms. The van der Waals surface area contributed by atoms with Crippen molar-refractivity contribution in [1.82, 2.24) is 0 Å². The minimum atomic E-state index is -3.27. The van der Waals surface area contributed by atoms with Gasteiger partial charge in [0.25, 0.3) is 6.43 Å². The van der Waals surface area contributed by atoms with Crippen LogP contribution in [0.1, 0.15) is 30.0 Å². The van der Waals surface area contributed by atoms with Crippen molar-refractivity contribution >= 4 is 5.97 Å². The van der Waals surface area contributed by atoms with E-state index in [-0.39, 0.29) is 12.2 Å². The number of nitriles is 1. The predicted octanol–water partition coefficient (Wildman–Crippen LogP) is 3.20. The fourth-order valence-electron chi connectivity index (χ4n) is 1.67. The summed E-state index contributed by atoms with van der Waals surface area (Å²) in [6.07, 6.45) is -3.70. The molecule has 0 amide bonds. The summed E-state index contributed by atoms with van der Waals surface area (Å²) in [7, 11) is 0. The van der Waals surface area contributed by atoms with Gasteiger partial charge in [0.1, 0.15) is 5.75 Å². The van der Waals surface area contributed by atoms with Gasteiger partial charge in [-0.1, -0.05) is 0 Å². The third-order valence-corrected chi connectivity index (χ3v) is 2.45. The summed E-state index contributed by atoms with van der Waals surface area (Å²) in [4.78, 5) is 11.4. The predicted molar refractivity (Wildman–Crippen MR) is 63.1 cm³/mol. The molecule has 0 aromatic heterocycles. The van der Waals surface area contributed by atoms with Crippen molar-refractivity contribution in [3.63, 3.8) is 0 Å². The summed E-state index contributed by atoms with van der Waals surface area (Å²) in [5.41, 5.74) is -1.39. The average molecular weight is 305 g/mol. The van der Waals surface area contributed by atoms with Crippen molar-refractivity contribution in [2.75, 3.05) is 6.61 Å². The van der Waals surface area contributed by atoms with E-state index >= 15 is 0 Å². The number of esters is 1. The maximum atomic E-state index is 13.0. The van der Waals surface area contributed by atoms with Crippen molar-refractivity contribution in [2.24, 2.45) is 0 Å². The van der Waals surface area contributed by atoms with Gasteiger partial charge >= 0.3 is 12.6 Å². The largest absolute Gasteiger partial charge is 0.466 e. The van der Waals surface area contributed by atoms with Gasteiger partial charge in [0.2, 0.25) is 0 Å². The van der Waals surface area contributed by atoms with E-state index in [0.29, 0.717) is 0 Å². The van der Waals surface area contributed by atoms with Gasteiger partial charge in [-0.05, 0) is 19.1 Å². The fourth-order valence-corrected chi connectivity index (χ4v) is 1.67. The summed E-state index contributed by atoms with van der Waals surface area (Å²) < 4.78 is 59.4. The van der Waals surface area contributed by atoms with E-state index in [1.165, 1.54) is 6.92 Å². The Bertz CT molecular complexity index is 555. The molecule has 0 N–H and O–H groups in total. The highest BCUT2D eigenvalue weighted by Gasteiger charge is 2.23. The molecule has 21 heavy (non-hydrogen) atoms. The van der Waals surface area contributed by atoms with Crippen molar-refractivity contribution < 1.29 is 31.8 Å². The molecule has 0 fully saturated rings. The third kappa shape index (κ3) is 4.63. The van der Waals surface area contributed by atoms with E-state index in [2.05, 4.69) is 9.47 Å². The van der Waals surface area contributed by atoms with Gasteiger partial charge in [-0.15, -0.1) is 0 Å². The van der Waals surface area contributed by atoms with Crippen LogP contribution in [0.25, 0.3) is 0 Å². The van der Waals surface area contributed by atoms with Crippen molar-refractivity contribution in [2.45, 2.75) is 26.4 Å². The molecule has 0 saturated heterocycles. The zero-order valence-corrected chi connectivity index (χ0v) is 10.9. The van der Waals surface area contributed by atoms with Gasteiger partial charge in [-0.25, -0.2) is 8.78 Å². The van der Waals surface area contributed by atoms with E-state index in [9.17, 15) is 22.4 Å². The minimum Gasteiger partial charge on any atom is -0.466 e. The Hall–Kier alpha value is -2.30. The highest BCUT2D eigenvalue weighted by molar-refractivity contribution is 5.74. The monoisotopic (exact) mass is 305 g/mol. The number of nitrogens with zero attached hydrogens (tertiary/aromatic N) is 1. The molecule has 8 heteroatoms. The van der Waals surface area contributed by atoms with E-state index < -0.39 is 42.3 Å². The Morgan fingerprint density at radius 1 is 1.33 bits per heavy atom. The number of carbonyl (C=O) groups is 1. The Balaban J connectivity index is 3.33. The number of hydrogen-bond donors (Lipinski definition) is 0. The first-order valence-electron chi connectivity index (χ1n) is 5.84. The molecule has 0 aliphatic rings. The van der Waals surface area contributed by atoms with Crippen LogP contribution in [0.2, 0.25) is 0 Å². The van der Waals surface area contributed by atoms with Crippen LogP contribution in [0.5, 0.6) is 5.75 Å². The molecule has 114 valence electrons. The number of benzene rings is 1. The molecular formula is C13H11F4NO3. The van der Waals surface area contributed by atoms with Crippen LogP contribution in [-0.2, 0) is 16.0 Å². The molecule has 0 atom stereocenters. The van der Waals surface area contributed by atoms with E-state index in [1.807, 2.05) is 0 Å². The zero-order valence-electron chi connectivity index (χ0n) is 10.9. The van der Waals surface area contributed by atoms with Crippen LogP contribution in [0.3, 0.4) is 0 Å². The molecule has 1 aromatic rings. The number of alkyl halides is 4. The minimum absolute atomic E-state index is 0.0180.